The summed E-state index contributed by atoms with van der Waals surface area (Å²) in [5, 5.41) is 3.55. The minimum atomic E-state index is 0. The third kappa shape index (κ3) is 7.33. The molecule has 2 atom stereocenters. The predicted octanol–water partition coefficient (Wildman–Crippen LogP) is 3.59. The second kappa shape index (κ2) is 12.9. The van der Waals surface area contributed by atoms with E-state index in [0.717, 1.165) is 70.4 Å². The fourth-order valence-corrected chi connectivity index (χ4v) is 3.61. The van der Waals surface area contributed by atoms with E-state index < -0.39 is 0 Å². The Hall–Kier alpha value is -1.55. The largest absolute Gasteiger partial charge is 0.469 e. The molecule has 0 saturated carbocycles. The molecule has 0 bridgehead atoms. The molecular formula is C21H34IN5O2. The minimum absolute atomic E-state index is 0. The summed E-state index contributed by atoms with van der Waals surface area (Å²) in [4.78, 5) is 11.5. The summed E-state index contributed by atoms with van der Waals surface area (Å²) < 4.78 is 13.1. The number of aromatic nitrogens is 2. The summed E-state index contributed by atoms with van der Waals surface area (Å²) in [6.07, 6.45) is 10.5. The standard InChI is InChI=1S/C21H33N5O2.HI/c1-3-27-14-5-9-23-21(24-10-7-19-6-4-15-28-19)25-12-8-18(2)20(16-25)26-13-11-22-17-26;/h4,6,11,13,15,17-18,20H,3,5,7-10,12,14,16H2,1-2H3,(H,23,24);1H. The van der Waals surface area contributed by atoms with Crippen LogP contribution in [0.4, 0.5) is 0 Å². The first-order chi connectivity index (χ1) is 13.8. The van der Waals surface area contributed by atoms with E-state index in [1.54, 1.807) is 6.26 Å². The third-order valence-corrected chi connectivity index (χ3v) is 5.27. The molecule has 1 saturated heterocycles. The second-order valence-electron chi connectivity index (χ2n) is 7.30. The van der Waals surface area contributed by atoms with Gasteiger partial charge in [-0.2, -0.15) is 0 Å². The van der Waals surface area contributed by atoms with Crippen LogP contribution in [0.3, 0.4) is 0 Å². The molecule has 29 heavy (non-hydrogen) atoms. The van der Waals surface area contributed by atoms with Crippen LogP contribution in [0.15, 0.2) is 46.5 Å². The highest BCUT2D eigenvalue weighted by atomic mass is 127. The van der Waals surface area contributed by atoms with Crippen molar-refractivity contribution in [2.24, 2.45) is 10.9 Å². The number of imidazole rings is 1. The maximum absolute atomic E-state index is 5.45. The quantitative estimate of drug-likeness (QED) is 0.239. The van der Waals surface area contributed by atoms with E-state index in [0.29, 0.717) is 12.0 Å². The van der Waals surface area contributed by atoms with Crippen LogP contribution in [0.5, 0.6) is 0 Å². The Kier molecular flexibility index (Phi) is 10.5. The van der Waals surface area contributed by atoms with Gasteiger partial charge in [-0.1, -0.05) is 6.92 Å². The number of aliphatic imine (C=N–C) groups is 1. The van der Waals surface area contributed by atoms with Crippen molar-refractivity contribution in [1.29, 1.82) is 0 Å². The van der Waals surface area contributed by atoms with E-state index in [9.17, 15) is 0 Å². The van der Waals surface area contributed by atoms with Crippen molar-refractivity contribution in [1.82, 2.24) is 19.8 Å². The second-order valence-corrected chi connectivity index (χ2v) is 7.30. The van der Waals surface area contributed by atoms with Crippen molar-refractivity contribution < 1.29 is 9.15 Å². The molecule has 0 radical (unpaired) electrons. The molecule has 1 N–H and O–H groups in total. The van der Waals surface area contributed by atoms with Crippen molar-refractivity contribution in [3.8, 4) is 0 Å². The van der Waals surface area contributed by atoms with Gasteiger partial charge in [-0.05, 0) is 37.8 Å². The highest BCUT2D eigenvalue weighted by Crippen LogP contribution is 2.27. The number of nitrogens with one attached hydrogen (secondary N) is 1. The zero-order valence-electron chi connectivity index (χ0n) is 17.5. The van der Waals surface area contributed by atoms with Gasteiger partial charge in [0.15, 0.2) is 5.96 Å². The Morgan fingerprint density at radius 1 is 1.45 bits per heavy atom. The molecule has 0 amide bonds. The van der Waals surface area contributed by atoms with E-state index in [-0.39, 0.29) is 24.0 Å². The van der Waals surface area contributed by atoms with Gasteiger partial charge >= 0.3 is 0 Å². The van der Waals surface area contributed by atoms with E-state index in [1.165, 1.54) is 0 Å². The molecule has 0 spiro atoms. The maximum atomic E-state index is 5.45. The third-order valence-electron chi connectivity index (χ3n) is 5.27. The van der Waals surface area contributed by atoms with Crippen molar-refractivity contribution >= 4 is 29.9 Å². The molecule has 2 unspecified atom stereocenters. The topological polar surface area (TPSA) is 67.8 Å². The molecule has 162 valence electrons. The molecule has 0 aliphatic carbocycles. The Bertz CT molecular complexity index is 690. The van der Waals surface area contributed by atoms with Gasteiger partial charge in [-0.25, -0.2) is 4.98 Å². The summed E-state index contributed by atoms with van der Waals surface area (Å²) in [5.41, 5.74) is 0. The van der Waals surface area contributed by atoms with E-state index >= 15 is 0 Å². The summed E-state index contributed by atoms with van der Waals surface area (Å²) in [7, 11) is 0. The summed E-state index contributed by atoms with van der Waals surface area (Å²) in [5.74, 6) is 2.60. The first-order valence-electron chi connectivity index (χ1n) is 10.4. The minimum Gasteiger partial charge on any atom is -0.469 e. The molecule has 1 aliphatic rings. The lowest BCUT2D eigenvalue weighted by atomic mass is 9.93. The Balaban J connectivity index is 0.00000300. The average Bonchev–Trinajstić information content (AvgIpc) is 3.41. The van der Waals surface area contributed by atoms with Crippen LogP contribution in [0.1, 0.15) is 38.5 Å². The first kappa shape index (κ1) is 23.7. The van der Waals surface area contributed by atoms with Crippen LogP contribution in [0, 0.1) is 5.92 Å². The van der Waals surface area contributed by atoms with Crippen LogP contribution >= 0.6 is 24.0 Å². The van der Waals surface area contributed by atoms with Gasteiger partial charge in [0.1, 0.15) is 5.76 Å². The number of furan rings is 1. The van der Waals surface area contributed by atoms with Gasteiger partial charge < -0.3 is 23.9 Å². The molecule has 1 aliphatic heterocycles. The molecule has 8 heteroatoms. The highest BCUT2D eigenvalue weighted by Gasteiger charge is 2.28. The molecular weight excluding hydrogens is 481 g/mol. The fraction of sp³-hybridized carbons (Fsp3) is 0.619. The summed E-state index contributed by atoms with van der Waals surface area (Å²) >= 11 is 0. The molecule has 3 rings (SSSR count). The number of rotatable bonds is 9. The summed E-state index contributed by atoms with van der Waals surface area (Å²) in [6.45, 7) is 9.40. The number of halogens is 1. The van der Waals surface area contributed by atoms with Crippen molar-refractivity contribution in [2.45, 2.75) is 39.2 Å². The number of hydrogen-bond donors (Lipinski definition) is 1. The molecule has 1 fully saturated rings. The Morgan fingerprint density at radius 3 is 3.07 bits per heavy atom. The van der Waals surface area contributed by atoms with Crippen molar-refractivity contribution in [3.63, 3.8) is 0 Å². The highest BCUT2D eigenvalue weighted by molar-refractivity contribution is 14.0. The van der Waals surface area contributed by atoms with Gasteiger partial charge in [0, 0.05) is 58.2 Å². The SMILES string of the molecule is CCOCCCN=C(NCCc1ccco1)N1CCC(C)C(n2ccnc2)C1.I. The van der Waals surface area contributed by atoms with Crippen LogP contribution in [0.25, 0.3) is 0 Å². The lowest BCUT2D eigenvalue weighted by Crippen LogP contribution is -2.49. The van der Waals surface area contributed by atoms with E-state index in [2.05, 4.69) is 32.9 Å². The monoisotopic (exact) mass is 515 g/mol. The van der Waals surface area contributed by atoms with Crippen LogP contribution in [0.2, 0.25) is 0 Å². The zero-order chi connectivity index (χ0) is 19.6. The predicted molar refractivity (Wildman–Crippen MR) is 126 cm³/mol. The molecule has 7 nitrogen and oxygen atoms in total. The molecule has 3 heterocycles. The Morgan fingerprint density at radius 2 is 2.34 bits per heavy atom. The molecule has 0 aromatic carbocycles. The van der Waals surface area contributed by atoms with Gasteiger partial charge in [-0.15, -0.1) is 24.0 Å². The number of hydrogen-bond acceptors (Lipinski definition) is 4. The average molecular weight is 515 g/mol. The van der Waals surface area contributed by atoms with Crippen LogP contribution in [-0.4, -0.2) is 59.8 Å². The normalized spacial score (nSPS) is 19.8. The van der Waals surface area contributed by atoms with Gasteiger partial charge in [-0.3, -0.25) is 4.99 Å². The molecule has 2 aromatic heterocycles. The van der Waals surface area contributed by atoms with Crippen molar-refractivity contribution in [3.05, 3.63) is 42.9 Å². The number of piperidine rings is 1. The van der Waals surface area contributed by atoms with Crippen LogP contribution in [-0.2, 0) is 11.2 Å². The van der Waals surface area contributed by atoms with Gasteiger partial charge in [0.25, 0.3) is 0 Å². The maximum Gasteiger partial charge on any atom is 0.194 e. The van der Waals surface area contributed by atoms with Crippen LogP contribution < -0.4 is 5.32 Å². The van der Waals surface area contributed by atoms with E-state index in [4.69, 9.17) is 14.1 Å². The van der Waals surface area contributed by atoms with Gasteiger partial charge in [0.2, 0.25) is 0 Å². The fourth-order valence-electron chi connectivity index (χ4n) is 3.61. The van der Waals surface area contributed by atoms with E-state index in [1.807, 2.05) is 31.6 Å². The molecule has 2 aromatic rings. The van der Waals surface area contributed by atoms with Gasteiger partial charge in [0.05, 0.1) is 18.6 Å². The number of ether oxygens (including phenoxy) is 1. The summed E-state index contributed by atoms with van der Waals surface area (Å²) in [6, 6.07) is 4.36. The lowest BCUT2D eigenvalue weighted by molar-refractivity contribution is 0.146. The first-order valence-corrected chi connectivity index (χ1v) is 10.4. The Labute approximate surface area is 190 Å². The number of guanidine groups is 1. The number of nitrogens with zero attached hydrogens (tertiary/aromatic N) is 4. The zero-order valence-corrected chi connectivity index (χ0v) is 19.8. The smallest absolute Gasteiger partial charge is 0.194 e. The number of likely N-dealkylation sites (tertiary alicyclic amines) is 1. The van der Waals surface area contributed by atoms with Crippen molar-refractivity contribution in [2.75, 3.05) is 39.4 Å². The lowest BCUT2D eigenvalue weighted by Gasteiger charge is -2.39.